The summed E-state index contributed by atoms with van der Waals surface area (Å²) >= 11 is 0. The predicted molar refractivity (Wildman–Crippen MR) is 106 cm³/mol. The van der Waals surface area contributed by atoms with Gasteiger partial charge in [-0.05, 0) is 43.0 Å². The van der Waals surface area contributed by atoms with Gasteiger partial charge in [-0.25, -0.2) is 0 Å². The van der Waals surface area contributed by atoms with Crippen molar-refractivity contribution in [3.05, 3.63) is 59.9 Å². The predicted octanol–water partition coefficient (Wildman–Crippen LogP) is 2.71. The first-order valence-corrected chi connectivity index (χ1v) is 9.70. The van der Waals surface area contributed by atoms with Gasteiger partial charge in [-0.3, -0.25) is 19.4 Å². The first kappa shape index (κ1) is 22.3. The molecule has 1 fully saturated rings. The van der Waals surface area contributed by atoms with Gasteiger partial charge in [-0.15, -0.1) is 0 Å². The van der Waals surface area contributed by atoms with Crippen LogP contribution in [0, 0.1) is 5.92 Å². The van der Waals surface area contributed by atoms with E-state index in [1.54, 1.807) is 29.4 Å². The Hall–Kier alpha value is -3.43. The van der Waals surface area contributed by atoms with Crippen LogP contribution in [0.3, 0.4) is 0 Å². The van der Waals surface area contributed by atoms with Crippen molar-refractivity contribution in [1.82, 2.24) is 15.2 Å². The molecule has 0 unspecified atom stereocenters. The van der Waals surface area contributed by atoms with Crippen molar-refractivity contribution in [2.24, 2.45) is 5.92 Å². The second-order valence-electron chi connectivity index (χ2n) is 7.18. The van der Waals surface area contributed by atoms with Gasteiger partial charge in [0.2, 0.25) is 0 Å². The van der Waals surface area contributed by atoms with E-state index in [9.17, 15) is 27.6 Å². The third-order valence-corrected chi connectivity index (χ3v) is 5.07. The molecule has 3 rings (SSSR count). The summed E-state index contributed by atoms with van der Waals surface area (Å²) in [5, 5.41) is 4.48. The number of nitrogens with one attached hydrogen (secondary N) is 2. The summed E-state index contributed by atoms with van der Waals surface area (Å²) in [6, 6.07) is 7.74. The Morgan fingerprint density at radius 1 is 1.00 bits per heavy atom. The van der Waals surface area contributed by atoms with Crippen molar-refractivity contribution in [1.29, 1.82) is 0 Å². The van der Waals surface area contributed by atoms with Gasteiger partial charge in [0, 0.05) is 37.6 Å². The fourth-order valence-electron chi connectivity index (χ4n) is 3.35. The summed E-state index contributed by atoms with van der Waals surface area (Å²) in [5.74, 6) is -2.21. The van der Waals surface area contributed by atoms with Crippen molar-refractivity contribution in [3.63, 3.8) is 0 Å². The zero-order valence-electron chi connectivity index (χ0n) is 16.5. The quantitative estimate of drug-likeness (QED) is 0.724. The van der Waals surface area contributed by atoms with Crippen LogP contribution in [-0.2, 0) is 15.8 Å². The summed E-state index contributed by atoms with van der Waals surface area (Å²) in [6.45, 7) is 1.21. The molecule has 2 N–H and O–H groups in total. The molecular formula is C21H21F3N4O3. The van der Waals surface area contributed by atoms with E-state index in [1.807, 2.05) is 5.32 Å². The number of anilines is 1. The highest BCUT2D eigenvalue weighted by molar-refractivity contribution is 6.39. The van der Waals surface area contributed by atoms with Gasteiger partial charge in [-0.1, -0.05) is 12.1 Å². The Bertz CT molecular complexity index is 942. The topological polar surface area (TPSA) is 91.4 Å². The number of carbonyl (C=O) groups is 3. The standard InChI is InChI=1S/C21H21F3N4O3/c22-21(23,24)16-3-1-2-4-17(16)27-19(30)18(29)26-13-14-7-11-28(12-8-14)20(31)15-5-9-25-10-6-15/h1-6,9-10,14H,7-8,11-13H2,(H,26,29)(H,27,30). The molecule has 3 amide bonds. The van der Waals surface area contributed by atoms with E-state index in [2.05, 4.69) is 10.3 Å². The molecule has 1 aliphatic heterocycles. The van der Waals surface area contributed by atoms with Crippen LogP contribution in [-0.4, -0.2) is 47.2 Å². The third-order valence-electron chi connectivity index (χ3n) is 5.07. The molecule has 0 spiro atoms. The molecule has 1 aromatic carbocycles. The zero-order valence-corrected chi connectivity index (χ0v) is 16.5. The highest BCUT2D eigenvalue weighted by Crippen LogP contribution is 2.34. The van der Waals surface area contributed by atoms with Crippen molar-refractivity contribution in [3.8, 4) is 0 Å². The number of nitrogens with zero attached hydrogens (tertiary/aromatic N) is 2. The fourth-order valence-corrected chi connectivity index (χ4v) is 3.35. The number of hydrogen-bond donors (Lipinski definition) is 2. The smallest absolute Gasteiger partial charge is 0.348 e. The molecule has 1 aromatic heterocycles. The Kier molecular flexibility index (Phi) is 6.88. The molecule has 1 aliphatic rings. The van der Waals surface area contributed by atoms with Crippen LogP contribution in [0.1, 0.15) is 28.8 Å². The summed E-state index contributed by atoms with van der Waals surface area (Å²) in [7, 11) is 0. The van der Waals surface area contributed by atoms with Gasteiger partial charge in [-0.2, -0.15) is 13.2 Å². The lowest BCUT2D eigenvalue weighted by Gasteiger charge is -2.32. The van der Waals surface area contributed by atoms with Crippen molar-refractivity contribution >= 4 is 23.4 Å². The lowest BCUT2D eigenvalue weighted by Crippen LogP contribution is -2.43. The Balaban J connectivity index is 1.47. The number of pyridine rings is 1. The van der Waals surface area contributed by atoms with E-state index in [0.29, 0.717) is 31.5 Å². The van der Waals surface area contributed by atoms with E-state index < -0.39 is 29.2 Å². The summed E-state index contributed by atoms with van der Waals surface area (Å²) in [4.78, 5) is 42.1. The summed E-state index contributed by atoms with van der Waals surface area (Å²) in [6.07, 6.45) is -0.283. The molecule has 1 saturated heterocycles. The molecule has 31 heavy (non-hydrogen) atoms. The minimum atomic E-state index is -4.65. The Labute approximate surface area is 176 Å². The molecule has 0 saturated carbocycles. The van der Waals surface area contributed by atoms with Gasteiger partial charge < -0.3 is 15.5 Å². The molecule has 0 radical (unpaired) electrons. The highest BCUT2D eigenvalue weighted by Gasteiger charge is 2.34. The minimum absolute atomic E-state index is 0.0562. The van der Waals surface area contributed by atoms with Gasteiger partial charge in [0.15, 0.2) is 0 Å². The van der Waals surface area contributed by atoms with Crippen molar-refractivity contribution < 1.29 is 27.6 Å². The lowest BCUT2D eigenvalue weighted by molar-refractivity contribution is -0.138. The fraction of sp³-hybridized carbons (Fsp3) is 0.333. The monoisotopic (exact) mass is 434 g/mol. The normalized spacial score (nSPS) is 14.7. The summed E-state index contributed by atoms with van der Waals surface area (Å²) < 4.78 is 39.0. The zero-order chi connectivity index (χ0) is 22.4. The van der Waals surface area contributed by atoms with Crippen LogP contribution in [0.15, 0.2) is 48.8 Å². The molecule has 2 heterocycles. The van der Waals surface area contributed by atoms with Crippen LogP contribution in [0.5, 0.6) is 0 Å². The Morgan fingerprint density at radius 2 is 1.65 bits per heavy atom. The van der Waals surface area contributed by atoms with Gasteiger partial charge in [0.1, 0.15) is 0 Å². The number of halogens is 3. The second-order valence-corrected chi connectivity index (χ2v) is 7.18. The third kappa shape index (κ3) is 5.80. The molecule has 7 nitrogen and oxygen atoms in total. The SMILES string of the molecule is O=C(NCC1CCN(C(=O)c2ccncc2)CC1)C(=O)Nc1ccccc1C(F)(F)F. The van der Waals surface area contributed by atoms with Crippen molar-refractivity contribution in [2.75, 3.05) is 25.0 Å². The highest BCUT2D eigenvalue weighted by atomic mass is 19.4. The van der Waals surface area contributed by atoms with Crippen LogP contribution in [0.4, 0.5) is 18.9 Å². The van der Waals surface area contributed by atoms with Gasteiger partial charge in [0.25, 0.3) is 5.91 Å². The summed E-state index contributed by atoms with van der Waals surface area (Å²) in [5.41, 5.74) is -0.946. The maximum Gasteiger partial charge on any atom is 0.418 e. The van der Waals surface area contributed by atoms with E-state index >= 15 is 0 Å². The number of para-hydroxylation sites is 1. The molecule has 10 heteroatoms. The van der Waals surface area contributed by atoms with Crippen LogP contribution < -0.4 is 10.6 Å². The number of benzene rings is 1. The molecule has 0 atom stereocenters. The number of likely N-dealkylation sites (tertiary alicyclic amines) is 1. The number of rotatable bonds is 4. The van der Waals surface area contributed by atoms with E-state index in [0.717, 1.165) is 12.1 Å². The first-order chi connectivity index (χ1) is 14.8. The second kappa shape index (κ2) is 9.59. The van der Waals surface area contributed by atoms with E-state index in [4.69, 9.17) is 0 Å². The largest absolute Gasteiger partial charge is 0.418 e. The van der Waals surface area contributed by atoms with Crippen LogP contribution >= 0.6 is 0 Å². The van der Waals surface area contributed by atoms with Gasteiger partial charge >= 0.3 is 18.0 Å². The molecule has 164 valence electrons. The van der Waals surface area contributed by atoms with Crippen molar-refractivity contribution in [2.45, 2.75) is 19.0 Å². The first-order valence-electron chi connectivity index (χ1n) is 9.70. The molecule has 0 bridgehead atoms. The molecule has 0 aliphatic carbocycles. The average molecular weight is 434 g/mol. The Morgan fingerprint density at radius 3 is 2.29 bits per heavy atom. The average Bonchev–Trinajstić information content (AvgIpc) is 2.77. The number of aromatic nitrogens is 1. The maximum absolute atomic E-state index is 13.0. The molecular weight excluding hydrogens is 413 g/mol. The number of carbonyl (C=O) groups excluding carboxylic acids is 3. The number of amides is 3. The van der Waals surface area contributed by atoms with Gasteiger partial charge in [0.05, 0.1) is 11.3 Å². The van der Waals surface area contributed by atoms with E-state index in [1.165, 1.54) is 12.1 Å². The minimum Gasteiger partial charge on any atom is -0.348 e. The molecule has 2 aromatic rings. The van der Waals surface area contributed by atoms with Crippen LogP contribution in [0.25, 0.3) is 0 Å². The number of hydrogen-bond acceptors (Lipinski definition) is 4. The maximum atomic E-state index is 13.0. The number of piperidine rings is 1. The lowest BCUT2D eigenvalue weighted by atomic mass is 9.96. The van der Waals surface area contributed by atoms with Crippen LogP contribution in [0.2, 0.25) is 0 Å². The van der Waals surface area contributed by atoms with E-state index in [-0.39, 0.29) is 18.4 Å². The number of alkyl halides is 3.